The van der Waals surface area contributed by atoms with Gasteiger partial charge in [-0.05, 0) is 54.4 Å². The average Bonchev–Trinajstić information content (AvgIpc) is 2.30. The Bertz CT molecular complexity index is 415. The van der Waals surface area contributed by atoms with Crippen LogP contribution in [0, 0.1) is 17.2 Å². The van der Waals surface area contributed by atoms with Crippen molar-refractivity contribution in [2.45, 2.75) is 79.4 Å². The van der Waals surface area contributed by atoms with Crippen molar-refractivity contribution in [3.63, 3.8) is 0 Å². The Balaban J connectivity index is 5.15. The van der Waals surface area contributed by atoms with Crippen LogP contribution in [-0.4, -0.2) is 28.9 Å². The lowest BCUT2D eigenvalue weighted by atomic mass is 9.84. The fourth-order valence-corrected chi connectivity index (χ4v) is 2.17. The lowest BCUT2D eigenvalue weighted by molar-refractivity contribution is -0.161. The number of ether oxygens (including phenoxy) is 2. The standard InChI is InChI=1S/C17H31NO4/c1-9-11(13(18)15(20)22-17(6,7)8)12(10-2)14(19)21-16(3,4)5/h11-12,18H,9-10H2,1-8H3/t11-,12?/m0/s1. The Hall–Kier alpha value is -1.39. The number of carbonyl (C=O) groups excluding carboxylic acids is 2. The molecule has 1 unspecified atom stereocenters. The van der Waals surface area contributed by atoms with E-state index in [0.29, 0.717) is 12.8 Å². The number of rotatable bonds is 6. The van der Waals surface area contributed by atoms with E-state index in [1.165, 1.54) is 0 Å². The SMILES string of the molecule is CCC(C(=O)OC(C)(C)C)[C@H](CC)C(=N)C(=O)OC(C)(C)C. The minimum atomic E-state index is -0.665. The lowest BCUT2D eigenvalue weighted by Crippen LogP contribution is -2.39. The Morgan fingerprint density at radius 1 is 0.864 bits per heavy atom. The maximum atomic E-state index is 12.3. The molecule has 22 heavy (non-hydrogen) atoms. The molecule has 0 spiro atoms. The maximum Gasteiger partial charge on any atom is 0.352 e. The van der Waals surface area contributed by atoms with Gasteiger partial charge in [0.25, 0.3) is 0 Å². The number of nitrogens with one attached hydrogen (secondary N) is 1. The fraction of sp³-hybridized carbons (Fsp3) is 0.824. The summed E-state index contributed by atoms with van der Waals surface area (Å²) in [6.07, 6.45) is 1.02. The summed E-state index contributed by atoms with van der Waals surface area (Å²) < 4.78 is 10.7. The average molecular weight is 313 g/mol. The van der Waals surface area contributed by atoms with Crippen molar-refractivity contribution in [3.8, 4) is 0 Å². The van der Waals surface area contributed by atoms with Crippen molar-refractivity contribution in [3.05, 3.63) is 0 Å². The molecule has 0 aromatic carbocycles. The van der Waals surface area contributed by atoms with Crippen molar-refractivity contribution in [1.29, 1.82) is 5.41 Å². The molecule has 0 radical (unpaired) electrons. The first kappa shape index (κ1) is 20.6. The van der Waals surface area contributed by atoms with Gasteiger partial charge in [0.05, 0.1) is 5.92 Å². The summed E-state index contributed by atoms with van der Waals surface area (Å²) in [5.41, 5.74) is -1.40. The molecule has 1 N–H and O–H groups in total. The molecule has 2 atom stereocenters. The summed E-state index contributed by atoms with van der Waals surface area (Å²) in [5.74, 6) is -2.03. The van der Waals surface area contributed by atoms with Crippen LogP contribution < -0.4 is 0 Å². The molecule has 0 aromatic heterocycles. The zero-order chi connectivity index (χ0) is 17.7. The Kier molecular flexibility index (Phi) is 7.26. The zero-order valence-electron chi connectivity index (χ0n) is 15.2. The van der Waals surface area contributed by atoms with Crippen LogP contribution in [0.5, 0.6) is 0 Å². The smallest absolute Gasteiger partial charge is 0.352 e. The minimum absolute atomic E-state index is 0.157. The fourth-order valence-electron chi connectivity index (χ4n) is 2.17. The predicted molar refractivity (Wildman–Crippen MR) is 87.0 cm³/mol. The Morgan fingerprint density at radius 2 is 1.27 bits per heavy atom. The first-order chi connectivity index (χ1) is 9.82. The lowest BCUT2D eigenvalue weighted by Gasteiger charge is -2.29. The van der Waals surface area contributed by atoms with Gasteiger partial charge in [0.2, 0.25) is 0 Å². The van der Waals surface area contributed by atoms with E-state index in [9.17, 15) is 9.59 Å². The molecular formula is C17H31NO4. The van der Waals surface area contributed by atoms with Crippen molar-refractivity contribution in [1.82, 2.24) is 0 Å². The predicted octanol–water partition coefficient (Wildman–Crippen LogP) is 3.74. The highest BCUT2D eigenvalue weighted by atomic mass is 16.6. The van der Waals surface area contributed by atoms with E-state index in [0.717, 1.165) is 0 Å². The first-order valence-corrected chi connectivity index (χ1v) is 7.87. The monoisotopic (exact) mass is 313 g/mol. The summed E-state index contributed by atoms with van der Waals surface area (Å²) in [7, 11) is 0. The largest absolute Gasteiger partial charge is 0.460 e. The molecule has 5 heteroatoms. The molecule has 5 nitrogen and oxygen atoms in total. The highest BCUT2D eigenvalue weighted by molar-refractivity contribution is 6.36. The summed E-state index contributed by atoms with van der Waals surface area (Å²) in [5, 5.41) is 8.11. The molecule has 0 heterocycles. The van der Waals surface area contributed by atoms with E-state index in [1.807, 2.05) is 13.8 Å². The maximum absolute atomic E-state index is 12.3. The molecule has 0 bridgehead atoms. The zero-order valence-corrected chi connectivity index (χ0v) is 15.2. The second kappa shape index (κ2) is 7.75. The van der Waals surface area contributed by atoms with E-state index >= 15 is 0 Å². The van der Waals surface area contributed by atoms with Gasteiger partial charge in [0.1, 0.15) is 16.9 Å². The van der Waals surface area contributed by atoms with Crippen LogP contribution in [0.4, 0.5) is 0 Å². The molecule has 0 saturated heterocycles. The molecule has 0 aromatic rings. The van der Waals surface area contributed by atoms with Gasteiger partial charge in [0, 0.05) is 5.92 Å². The summed E-state index contributed by atoms with van der Waals surface area (Å²) in [6, 6.07) is 0. The Morgan fingerprint density at radius 3 is 1.59 bits per heavy atom. The third-order valence-corrected chi connectivity index (χ3v) is 3.06. The Labute approximate surface area is 134 Å². The van der Waals surface area contributed by atoms with E-state index < -0.39 is 29.0 Å². The van der Waals surface area contributed by atoms with Gasteiger partial charge < -0.3 is 9.47 Å². The van der Waals surface area contributed by atoms with Gasteiger partial charge in [-0.2, -0.15) is 0 Å². The molecule has 128 valence electrons. The molecule has 0 aliphatic carbocycles. The van der Waals surface area contributed by atoms with Gasteiger partial charge in [0.15, 0.2) is 0 Å². The molecule has 0 fully saturated rings. The summed E-state index contributed by atoms with van der Waals surface area (Å²) in [4.78, 5) is 24.4. The van der Waals surface area contributed by atoms with Gasteiger partial charge in [-0.3, -0.25) is 10.2 Å². The highest BCUT2D eigenvalue weighted by Crippen LogP contribution is 2.25. The van der Waals surface area contributed by atoms with Crippen LogP contribution >= 0.6 is 0 Å². The van der Waals surface area contributed by atoms with E-state index in [-0.39, 0.29) is 11.7 Å². The van der Waals surface area contributed by atoms with Crippen LogP contribution in [0.1, 0.15) is 68.2 Å². The van der Waals surface area contributed by atoms with Crippen LogP contribution in [0.3, 0.4) is 0 Å². The highest BCUT2D eigenvalue weighted by Gasteiger charge is 2.36. The first-order valence-electron chi connectivity index (χ1n) is 7.87. The second-order valence-electron chi connectivity index (χ2n) is 7.48. The quantitative estimate of drug-likeness (QED) is 0.598. The van der Waals surface area contributed by atoms with Crippen LogP contribution in [-0.2, 0) is 19.1 Å². The number of hydrogen-bond acceptors (Lipinski definition) is 5. The van der Waals surface area contributed by atoms with Crippen molar-refractivity contribution >= 4 is 17.7 Å². The normalized spacial score (nSPS) is 14.9. The molecule has 0 aliphatic rings. The third kappa shape index (κ3) is 7.05. The van der Waals surface area contributed by atoms with Crippen molar-refractivity contribution < 1.29 is 19.1 Å². The topological polar surface area (TPSA) is 76.5 Å². The van der Waals surface area contributed by atoms with Crippen molar-refractivity contribution in [2.75, 3.05) is 0 Å². The van der Waals surface area contributed by atoms with Gasteiger partial charge in [-0.15, -0.1) is 0 Å². The molecule has 0 rings (SSSR count). The van der Waals surface area contributed by atoms with Gasteiger partial charge in [-0.1, -0.05) is 13.8 Å². The number of carbonyl (C=O) groups is 2. The van der Waals surface area contributed by atoms with E-state index in [4.69, 9.17) is 14.9 Å². The molecular weight excluding hydrogens is 282 g/mol. The van der Waals surface area contributed by atoms with Gasteiger partial charge in [-0.25, -0.2) is 4.79 Å². The molecule has 0 amide bonds. The minimum Gasteiger partial charge on any atom is -0.460 e. The van der Waals surface area contributed by atoms with Crippen LogP contribution in [0.2, 0.25) is 0 Å². The van der Waals surface area contributed by atoms with Crippen molar-refractivity contribution in [2.24, 2.45) is 11.8 Å². The summed E-state index contributed by atoms with van der Waals surface area (Å²) in [6.45, 7) is 14.4. The summed E-state index contributed by atoms with van der Waals surface area (Å²) >= 11 is 0. The van der Waals surface area contributed by atoms with Gasteiger partial charge >= 0.3 is 11.9 Å². The number of hydrogen-bond donors (Lipinski definition) is 1. The molecule has 0 aliphatic heterocycles. The molecule has 0 saturated carbocycles. The van der Waals surface area contributed by atoms with E-state index in [2.05, 4.69) is 0 Å². The van der Waals surface area contributed by atoms with Crippen LogP contribution in [0.25, 0.3) is 0 Å². The third-order valence-electron chi connectivity index (χ3n) is 3.06. The second-order valence-corrected chi connectivity index (χ2v) is 7.48. The van der Waals surface area contributed by atoms with E-state index in [1.54, 1.807) is 41.5 Å². The number of esters is 2. The van der Waals surface area contributed by atoms with Crippen LogP contribution in [0.15, 0.2) is 0 Å².